The van der Waals surface area contributed by atoms with E-state index < -0.39 is 16.0 Å². The number of rotatable bonds is 6. The van der Waals surface area contributed by atoms with Gasteiger partial charge in [0.05, 0.1) is 16.1 Å². The van der Waals surface area contributed by atoms with E-state index >= 15 is 0 Å². The number of sulfonamides is 1. The fourth-order valence-corrected chi connectivity index (χ4v) is 2.81. The maximum Gasteiger partial charge on any atom is 0.337 e. The molecule has 0 heterocycles. The lowest BCUT2D eigenvalue weighted by Gasteiger charge is -2.27. The summed E-state index contributed by atoms with van der Waals surface area (Å²) < 4.78 is 25.3. The van der Waals surface area contributed by atoms with Gasteiger partial charge in [0, 0.05) is 27.2 Å². The molecule has 1 rings (SSSR count). The number of carboxylic acids is 1. The van der Waals surface area contributed by atoms with Crippen molar-refractivity contribution in [2.45, 2.75) is 31.2 Å². The molecule has 21 heavy (non-hydrogen) atoms. The fraction of sp³-hybridized carbons (Fsp3) is 0.500. The molecule has 1 unspecified atom stereocenters. The van der Waals surface area contributed by atoms with Crippen molar-refractivity contribution < 1.29 is 18.3 Å². The minimum absolute atomic E-state index is 0.0132. The van der Waals surface area contributed by atoms with Crippen molar-refractivity contribution in [1.29, 1.82) is 0 Å². The molecular weight excluding hydrogens is 292 g/mol. The quantitative estimate of drug-likeness (QED) is 0.867. The summed E-state index contributed by atoms with van der Waals surface area (Å²) in [5.41, 5.74) is 0.496. The summed E-state index contributed by atoms with van der Waals surface area (Å²) in [5, 5.41) is 9.36. The molecule has 0 spiro atoms. The lowest BCUT2D eigenvalue weighted by molar-refractivity contribution is 0.0697. The van der Waals surface area contributed by atoms with Crippen molar-refractivity contribution in [3.63, 3.8) is 0 Å². The van der Waals surface area contributed by atoms with Crippen molar-refractivity contribution in [3.8, 4) is 0 Å². The Bertz CT molecular complexity index is 626. The predicted octanol–water partition coefficient (Wildman–Crippen LogP) is 1.87. The SMILES string of the molecule is CCC(C)N(C)c1ccc(S(=O)(=O)N(C)C)cc1C(=O)O. The molecule has 0 amide bonds. The Hall–Kier alpha value is -1.60. The summed E-state index contributed by atoms with van der Waals surface area (Å²) in [5.74, 6) is -1.14. The number of hydrogen-bond donors (Lipinski definition) is 1. The van der Waals surface area contributed by atoms with Gasteiger partial charge in [-0.25, -0.2) is 17.5 Å². The highest BCUT2D eigenvalue weighted by atomic mass is 32.2. The molecule has 1 aromatic rings. The molecule has 0 saturated carbocycles. The second-order valence-corrected chi connectivity index (χ2v) is 7.29. The molecule has 0 aliphatic rings. The van der Waals surface area contributed by atoms with Crippen LogP contribution in [0.2, 0.25) is 0 Å². The van der Waals surface area contributed by atoms with Gasteiger partial charge in [-0.3, -0.25) is 0 Å². The normalized spacial score (nSPS) is 13.2. The van der Waals surface area contributed by atoms with E-state index in [2.05, 4.69) is 0 Å². The first kappa shape index (κ1) is 17.5. The molecule has 0 aliphatic heterocycles. The molecule has 0 radical (unpaired) electrons. The van der Waals surface area contributed by atoms with Crippen LogP contribution >= 0.6 is 0 Å². The van der Waals surface area contributed by atoms with Gasteiger partial charge < -0.3 is 10.0 Å². The smallest absolute Gasteiger partial charge is 0.337 e. The first-order valence-electron chi connectivity index (χ1n) is 6.65. The Kier molecular flexibility index (Phi) is 5.36. The molecule has 1 N–H and O–H groups in total. The van der Waals surface area contributed by atoms with E-state index in [0.29, 0.717) is 5.69 Å². The highest BCUT2D eigenvalue weighted by molar-refractivity contribution is 7.89. The molecular formula is C14H22N2O4S. The first-order chi connectivity index (χ1) is 9.62. The minimum Gasteiger partial charge on any atom is -0.478 e. The molecule has 0 aliphatic carbocycles. The molecule has 0 saturated heterocycles. The number of hydrogen-bond acceptors (Lipinski definition) is 4. The van der Waals surface area contributed by atoms with E-state index in [4.69, 9.17) is 0 Å². The molecule has 118 valence electrons. The summed E-state index contributed by atoms with van der Waals surface area (Å²) in [7, 11) is 0.975. The molecule has 0 bridgehead atoms. The van der Waals surface area contributed by atoms with E-state index in [9.17, 15) is 18.3 Å². The van der Waals surface area contributed by atoms with Gasteiger partial charge in [-0.2, -0.15) is 0 Å². The van der Waals surface area contributed by atoms with Crippen molar-refractivity contribution in [2.24, 2.45) is 0 Å². The van der Waals surface area contributed by atoms with E-state index in [-0.39, 0.29) is 16.5 Å². The van der Waals surface area contributed by atoms with Crippen LogP contribution in [0.4, 0.5) is 5.69 Å². The van der Waals surface area contributed by atoms with Crippen molar-refractivity contribution in [2.75, 3.05) is 26.0 Å². The van der Waals surface area contributed by atoms with Crippen LogP contribution < -0.4 is 4.90 Å². The highest BCUT2D eigenvalue weighted by Gasteiger charge is 2.23. The van der Waals surface area contributed by atoms with Crippen LogP contribution in [0.5, 0.6) is 0 Å². The summed E-state index contributed by atoms with van der Waals surface area (Å²) >= 11 is 0. The van der Waals surface area contributed by atoms with E-state index in [1.54, 1.807) is 13.1 Å². The largest absolute Gasteiger partial charge is 0.478 e. The lowest BCUT2D eigenvalue weighted by Crippen LogP contribution is -2.30. The van der Waals surface area contributed by atoms with Gasteiger partial charge in [0.2, 0.25) is 10.0 Å². The molecule has 0 fully saturated rings. The summed E-state index contributed by atoms with van der Waals surface area (Å²) in [6.07, 6.45) is 0.854. The van der Waals surface area contributed by atoms with Gasteiger partial charge in [-0.15, -0.1) is 0 Å². The van der Waals surface area contributed by atoms with Gasteiger partial charge in [0.15, 0.2) is 0 Å². The van der Waals surface area contributed by atoms with Gasteiger partial charge >= 0.3 is 5.97 Å². The summed E-state index contributed by atoms with van der Waals surface area (Å²) in [6.45, 7) is 3.99. The topological polar surface area (TPSA) is 77.9 Å². The van der Waals surface area contributed by atoms with E-state index in [0.717, 1.165) is 10.7 Å². The van der Waals surface area contributed by atoms with Gasteiger partial charge in [0.25, 0.3) is 0 Å². The van der Waals surface area contributed by atoms with Crippen LogP contribution in [0.1, 0.15) is 30.6 Å². The zero-order chi connectivity index (χ0) is 16.4. The van der Waals surface area contributed by atoms with Crippen molar-refractivity contribution >= 4 is 21.7 Å². The zero-order valence-electron chi connectivity index (χ0n) is 13.0. The summed E-state index contributed by atoms with van der Waals surface area (Å²) in [4.78, 5) is 13.3. The third kappa shape index (κ3) is 3.54. The van der Waals surface area contributed by atoms with Crippen molar-refractivity contribution in [3.05, 3.63) is 23.8 Å². The van der Waals surface area contributed by atoms with Crippen LogP contribution in [0.3, 0.4) is 0 Å². The maximum atomic E-state index is 12.1. The third-order valence-corrected chi connectivity index (χ3v) is 5.42. The number of carbonyl (C=O) groups is 1. The summed E-state index contributed by atoms with van der Waals surface area (Å²) in [6, 6.07) is 4.35. The van der Waals surface area contributed by atoms with Gasteiger partial charge in [-0.1, -0.05) is 6.92 Å². The Labute approximate surface area is 126 Å². The van der Waals surface area contributed by atoms with Gasteiger partial charge in [0.1, 0.15) is 0 Å². The molecule has 7 heteroatoms. The average Bonchev–Trinajstić information content (AvgIpc) is 2.44. The standard InChI is InChI=1S/C14H22N2O4S/c1-6-10(2)16(5)13-8-7-11(9-12(13)14(17)18)21(19,20)15(3)4/h7-10H,6H2,1-5H3,(H,17,18). The minimum atomic E-state index is -3.65. The zero-order valence-corrected chi connectivity index (χ0v) is 13.8. The van der Waals surface area contributed by atoms with Crippen LogP contribution in [-0.2, 0) is 10.0 Å². The van der Waals surface area contributed by atoms with Crippen LogP contribution in [0, 0.1) is 0 Å². The molecule has 0 aromatic heterocycles. The van der Waals surface area contributed by atoms with E-state index in [1.165, 1.54) is 26.2 Å². The second-order valence-electron chi connectivity index (χ2n) is 5.14. The number of benzene rings is 1. The van der Waals surface area contributed by atoms with Crippen LogP contribution in [0.15, 0.2) is 23.1 Å². The molecule has 1 aromatic carbocycles. The van der Waals surface area contributed by atoms with Crippen molar-refractivity contribution in [1.82, 2.24) is 4.31 Å². The van der Waals surface area contributed by atoms with Crippen LogP contribution in [-0.4, -0.2) is 51.0 Å². The predicted molar refractivity (Wildman–Crippen MR) is 82.4 cm³/mol. The molecule has 6 nitrogen and oxygen atoms in total. The Morgan fingerprint density at radius 2 is 1.86 bits per heavy atom. The number of carboxylic acid groups (broad SMARTS) is 1. The lowest BCUT2D eigenvalue weighted by atomic mass is 10.1. The highest BCUT2D eigenvalue weighted by Crippen LogP contribution is 2.26. The third-order valence-electron chi connectivity index (χ3n) is 3.61. The Morgan fingerprint density at radius 1 is 1.29 bits per heavy atom. The monoisotopic (exact) mass is 314 g/mol. The van der Waals surface area contributed by atoms with Crippen LogP contribution in [0.25, 0.3) is 0 Å². The Balaban J connectivity index is 3.43. The average molecular weight is 314 g/mol. The Morgan fingerprint density at radius 3 is 2.29 bits per heavy atom. The second kappa shape index (κ2) is 6.44. The number of anilines is 1. The molecule has 1 atom stereocenters. The first-order valence-corrected chi connectivity index (χ1v) is 8.09. The van der Waals surface area contributed by atoms with E-state index in [1.807, 2.05) is 18.7 Å². The number of nitrogens with zero attached hydrogens (tertiary/aromatic N) is 2. The fourth-order valence-electron chi connectivity index (χ4n) is 1.88. The number of aromatic carboxylic acids is 1. The van der Waals surface area contributed by atoms with Gasteiger partial charge in [-0.05, 0) is 31.5 Å². The maximum absolute atomic E-state index is 12.1.